The number of likely N-dealkylation sites (tertiary alicyclic amines) is 1. The van der Waals surface area contributed by atoms with Gasteiger partial charge in [0.1, 0.15) is 0 Å². The Morgan fingerprint density at radius 1 is 1.25 bits per heavy atom. The van der Waals surface area contributed by atoms with E-state index in [0.29, 0.717) is 0 Å². The van der Waals surface area contributed by atoms with E-state index in [0.717, 1.165) is 12.6 Å². The summed E-state index contributed by atoms with van der Waals surface area (Å²) in [5.41, 5.74) is 0.229. The van der Waals surface area contributed by atoms with Gasteiger partial charge in [-0.25, -0.2) is 0 Å². The average molecular weight is 292 g/mol. The summed E-state index contributed by atoms with van der Waals surface area (Å²) in [4.78, 5) is 4.05. The number of benzene rings is 1. The third-order valence-corrected chi connectivity index (χ3v) is 4.75. The molecule has 0 aliphatic carbocycles. The van der Waals surface area contributed by atoms with E-state index in [1.165, 1.54) is 36.6 Å². The second-order valence-corrected chi connectivity index (χ2v) is 7.79. The summed E-state index contributed by atoms with van der Waals surface area (Å²) in [6.45, 7) is 10.3. The summed E-state index contributed by atoms with van der Waals surface area (Å²) in [6, 6.07) is 11.5. The van der Waals surface area contributed by atoms with Crippen LogP contribution in [0.2, 0.25) is 0 Å². The molecule has 2 nitrogen and oxygen atoms in total. The molecular weight excluding hydrogens is 264 g/mol. The Labute approximate surface area is 128 Å². The molecule has 1 heterocycles. The van der Waals surface area contributed by atoms with Crippen LogP contribution in [0.25, 0.3) is 0 Å². The Morgan fingerprint density at radius 2 is 2.00 bits per heavy atom. The fraction of sp³-hybridized carbons (Fsp3) is 0.647. The van der Waals surface area contributed by atoms with Crippen LogP contribution in [-0.4, -0.2) is 41.9 Å². The topological polar surface area (TPSA) is 15.3 Å². The van der Waals surface area contributed by atoms with Gasteiger partial charge in [-0.15, -0.1) is 11.8 Å². The smallest absolute Gasteiger partial charge is 0.0221 e. The van der Waals surface area contributed by atoms with Crippen molar-refractivity contribution in [3.8, 4) is 0 Å². The van der Waals surface area contributed by atoms with E-state index in [9.17, 15) is 0 Å². The van der Waals surface area contributed by atoms with Crippen molar-refractivity contribution in [1.82, 2.24) is 10.2 Å². The highest BCUT2D eigenvalue weighted by Crippen LogP contribution is 2.21. The zero-order chi connectivity index (χ0) is 14.4. The van der Waals surface area contributed by atoms with E-state index in [2.05, 4.69) is 61.3 Å². The molecule has 0 saturated carbocycles. The van der Waals surface area contributed by atoms with E-state index in [-0.39, 0.29) is 5.54 Å². The summed E-state index contributed by atoms with van der Waals surface area (Å²) in [7, 11) is 0. The van der Waals surface area contributed by atoms with Crippen molar-refractivity contribution in [2.45, 2.75) is 50.1 Å². The van der Waals surface area contributed by atoms with Gasteiger partial charge in [-0.2, -0.15) is 0 Å². The average Bonchev–Trinajstić information content (AvgIpc) is 2.84. The van der Waals surface area contributed by atoms with E-state index in [4.69, 9.17) is 0 Å². The number of hydrogen-bond donors (Lipinski definition) is 1. The molecule has 1 saturated heterocycles. The van der Waals surface area contributed by atoms with E-state index < -0.39 is 0 Å². The molecule has 20 heavy (non-hydrogen) atoms. The van der Waals surface area contributed by atoms with Gasteiger partial charge in [-0.05, 0) is 52.3 Å². The number of nitrogens with one attached hydrogen (secondary N) is 1. The van der Waals surface area contributed by atoms with Crippen LogP contribution in [0.4, 0.5) is 0 Å². The lowest BCUT2D eigenvalue weighted by atomic mass is 10.1. The molecule has 1 aliphatic rings. The quantitative estimate of drug-likeness (QED) is 0.806. The predicted molar refractivity (Wildman–Crippen MR) is 89.5 cm³/mol. The summed E-state index contributed by atoms with van der Waals surface area (Å²) in [5, 5.41) is 3.65. The lowest BCUT2D eigenvalue weighted by Gasteiger charge is -2.28. The predicted octanol–water partition coefficient (Wildman–Crippen LogP) is 3.63. The van der Waals surface area contributed by atoms with Gasteiger partial charge in [0.25, 0.3) is 0 Å². The largest absolute Gasteiger partial charge is 0.311 e. The van der Waals surface area contributed by atoms with Crippen LogP contribution in [0.15, 0.2) is 35.2 Å². The summed E-state index contributed by atoms with van der Waals surface area (Å²) in [5.74, 6) is 1.19. The molecule has 0 bridgehead atoms. The number of thioether (sulfide) groups is 1. The Morgan fingerprint density at radius 3 is 2.70 bits per heavy atom. The van der Waals surface area contributed by atoms with Gasteiger partial charge < -0.3 is 5.32 Å². The monoisotopic (exact) mass is 292 g/mol. The van der Waals surface area contributed by atoms with Crippen molar-refractivity contribution < 1.29 is 0 Å². The second kappa shape index (κ2) is 7.48. The maximum atomic E-state index is 3.65. The van der Waals surface area contributed by atoms with Crippen molar-refractivity contribution in [3.63, 3.8) is 0 Å². The third kappa shape index (κ3) is 5.47. The third-order valence-electron chi connectivity index (χ3n) is 3.76. The highest BCUT2D eigenvalue weighted by Gasteiger charge is 2.25. The maximum Gasteiger partial charge on any atom is 0.0221 e. The zero-order valence-electron chi connectivity index (χ0n) is 13.1. The van der Waals surface area contributed by atoms with Gasteiger partial charge in [0.2, 0.25) is 0 Å². The highest BCUT2D eigenvalue weighted by molar-refractivity contribution is 7.99. The zero-order valence-corrected chi connectivity index (χ0v) is 13.9. The van der Waals surface area contributed by atoms with Gasteiger partial charge in [0.15, 0.2) is 0 Å². The summed E-state index contributed by atoms with van der Waals surface area (Å²) < 4.78 is 0. The molecule has 1 aromatic rings. The van der Waals surface area contributed by atoms with Crippen molar-refractivity contribution in [3.05, 3.63) is 30.3 Å². The second-order valence-electron chi connectivity index (χ2n) is 6.62. The van der Waals surface area contributed by atoms with Crippen LogP contribution in [0.5, 0.6) is 0 Å². The minimum atomic E-state index is 0.229. The van der Waals surface area contributed by atoms with Gasteiger partial charge in [-0.1, -0.05) is 18.2 Å². The molecule has 1 unspecified atom stereocenters. The fourth-order valence-electron chi connectivity index (χ4n) is 2.64. The highest BCUT2D eigenvalue weighted by atomic mass is 32.2. The molecule has 0 aromatic heterocycles. The molecule has 1 fully saturated rings. The Hall–Kier alpha value is -0.510. The number of rotatable bonds is 6. The molecule has 0 amide bonds. The van der Waals surface area contributed by atoms with Gasteiger partial charge in [0.05, 0.1) is 0 Å². The van der Waals surface area contributed by atoms with Crippen LogP contribution in [-0.2, 0) is 0 Å². The summed E-state index contributed by atoms with van der Waals surface area (Å²) >= 11 is 1.97. The first-order valence-corrected chi connectivity index (χ1v) is 8.70. The Balaban J connectivity index is 1.71. The SMILES string of the molecule is CC(C)(C)NCC1CCCN1CCSc1ccccc1. The lowest BCUT2D eigenvalue weighted by Crippen LogP contribution is -2.45. The Kier molecular flexibility index (Phi) is 5.94. The molecule has 1 N–H and O–H groups in total. The first-order valence-electron chi connectivity index (χ1n) is 7.71. The molecule has 3 heteroatoms. The van der Waals surface area contributed by atoms with Crippen molar-refractivity contribution in [1.29, 1.82) is 0 Å². The maximum absolute atomic E-state index is 3.65. The van der Waals surface area contributed by atoms with Crippen LogP contribution in [0.3, 0.4) is 0 Å². The van der Waals surface area contributed by atoms with Crippen LogP contribution >= 0.6 is 11.8 Å². The normalized spacial score (nSPS) is 20.4. The van der Waals surface area contributed by atoms with Crippen LogP contribution in [0, 0.1) is 0 Å². The molecule has 1 aliphatic heterocycles. The van der Waals surface area contributed by atoms with Gasteiger partial charge in [0, 0.05) is 35.3 Å². The van der Waals surface area contributed by atoms with Crippen molar-refractivity contribution in [2.24, 2.45) is 0 Å². The van der Waals surface area contributed by atoms with Crippen molar-refractivity contribution >= 4 is 11.8 Å². The van der Waals surface area contributed by atoms with Crippen molar-refractivity contribution in [2.75, 3.05) is 25.4 Å². The number of nitrogens with zero attached hydrogens (tertiary/aromatic N) is 1. The number of hydrogen-bond acceptors (Lipinski definition) is 3. The van der Waals surface area contributed by atoms with E-state index in [1.54, 1.807) is 0 Å². The molecule has 2 rings (SSSR count). The minimum absolute atomic E-state index is 0.229. The van der Waals surface area contributed by atoms with E-state index >= 15 is 0 Å². The molecule has 0 radical (unpaired) electrons. The first kappa shape index (κ1) is 15.9. The van der Waals surface area contributed by atoms with Crippen LogP contribution < -0.4 is 5.32 Å². The molecule has 1 atom stereocenters. The van der Waals surface area contributed by atoms with Crippen LogP contribution in [0.1, 0.15) is 33.6 Å². The minimum Gasteiger partial charge on any atom is -0.311 e. The standard InChI is InChI=1S/C17H28N2S/c1-17(2,3)18-14-15-8-7-11-19(15)12-13-20-16-9-5-4-6-10-16/h4-6,9-10,15,18H,7-8,11-14H2,1-3H3. The molecule has 1 aromatic carbocycles. The van der Waals surface area contributed by atoms with Gasteiger partial charge in [-0.3, -0.25) is 4.90 Å². The lowest BCUT2D eigenvalue weighted by molar-refractivity contribution is 0.246. The van der Waals surface area contributed by atoms with E-state index in [1.807, 2.05) is 11.8 Å². The molecule has 0 spiro atoms. The first-order chi connectivity index (χ1) is 9.54. The molecule has 112 valence electrons. The fourth-order valence-corrected chi connectivity index (χ4v) is 3.55. The molecular formula is C17H28N2S. The van der Waals surface area contributed by atoms with Gasteiger partial charge >= 0.3 is 0 Å². The summed E-state index contributed by atoms with van der Waals surface area (Å²) in [6.07, 6.45) is 2.70. The Bertz CT molecular complexity index is 386.